The molecule has 10 nitrogen and oxygen atoms in total. The van der Waals surface area contributed by atoms with Gasteiger partial charge in [-0.15, -0.1) is 0 Å². The summed E-state index contributed by atoms with van der Waals surface area (Å²) in [4.78, 5) is 36.9. The topological polar surface area (TPSA) is 127 Å². The number of pyridine rings is 1. The first kappa shape index (κ1) is 21.6. The summed E-state index contributed by atoms with van der Waals surface area (Å²) >= 11 is 6.29. The van der Waals surface area contributed by atoms with Gasteiger partial charge < -0.3 is 15.2 Å². The van der Waals surface area contributed by atoms with Crippen LogP contribution < -0.4 is 16.2 Å². The molecule has 3 heterocycles. The molecule has 0 atom stereocenters. The van der Waals surface area contributed by atoms with Crippen LogP contribution in [0.3, 0.4) is 0 Å². The molecule has 0 fully saturated rings. The van der Waals surface area contributed by atoms with E-state index in [0.29, 0.717) is 29.0 Å². The summed E-state index contributed by atoms with van der Waals surface area (Å²) in [5.41, 5.74) is 8.50. The second-order valence-electron chi connectivity index (χ2n) is 6.80. The first-order chi connectivity index (χ1) is 14.2. The van der Waals surface area contributed by atoms with Gasteiger partial charge in [0, 0.05) is 30.8 Å². The fourth-order valence-corrected chi connectivity index (χ4v) is 3.63. The minimum atomic E-state index is -0.381. The fraction of sp³-hybridized carbons (Fsp3) is 0.421. The largest absolute Gasteiger partial charge is 0.496 e. The highest BCUT2D eigenvalue weighted by atomic mass is 35.5. The van der Waals surface area contributed by atoms with E-state index >= 15 is 0 Å². The molecular formula is C19H23ClN6O4. The lowest BCUT2D eigenvalue weighted by Crippen LogP contribution is -2.26. The van der Waals surface area contributed by atoms with Gasteiger partial charge in [0.25, 0.3) is 0 Å². The summed E-state index contributed by atoms with van der Waals surface area (Å²) in [5, 5.41) is 0.0759. The number of aryl methyl sites for hydroxylation is 2. The molecule has 0 amide bonds. The third-order valence-corrected chi connectivity index (χ3v) is 4.98. The van der Waals surface area contributed by atoms with E-state index in [1.165, 1.54) is 16.1 Å². The van der Waals surface area contributed by atoms with Gasteiger partial charge in [-0.1, -0.05) is 11.6 Å². The Bertz CT molecular complexity index is 1170. The third-order valence-electron chi connectivity index (χ3n) is 4.72. The van der Waals surface area contributed by atoms with Gasteiger partial charge in [0.2, 0.25) is 5.95 Å². The average Bonchev–Trinajstić information content (AvgIpc) is 2.93. The maximum atomic E-state index is 13.2. The number of hydrogen-bond acceptors (Lipinski definition) is 8. The van der Waals surface area contributed by atoms with Crippen molar-refractivity contribution < 1.29 is 14.3 Å². The number of carbonyl (C=O) groups is 1. The van der Waals surface area contributed by atoms with E-state index in [9.17, 15) is 9.59 Å². The van der Waals surface area contributed by atoms with Crippen LogP contribution in [0.2, 0.25) is 5.15 Å². The van der Waals surface area contributed by atoms with Crippen LogP contribution in [0.25, 0.3) is 11.2 Å². The number of nitrogens with two attached hydrogens (primary N) is 1. The Morgan fingerprint density at radius 3 is 2.67 bits per heavy atom. The normalized spacial score (nSPS) is 11.1. The Kier molecular flexibility index (Phi) is 6.25. The number of carbonyl (C=O) groups excluding carboxylic acids is 1. The van der Waals surface area contributed by atoms with Crippen molar-refractivity contribution in [2.75, 3.05) is 19.5 Å². The quantitative estimate of drug-likeness (QED) is 0.339. The van der Waals surface area contributed by atoms with Gasteiger partial charge >= 0.3 is 11.7 Å². The van der Waals surface area contributed by atoms with Gasteiger partial charge in [0.05, 0.1) is 26.0 Å². The van der Waals surface area contributed by atoms with E-state index < -0.39 is 0 Å². The number of ether oxygens (including phenoxy) is 2. The lowest BCUT2D eigenvalue weighted by Gasteiger charge is -2.12. The predicted octanol–water partition coefficient (Wildman–Crippen LogP) is 1.85. The second kappa shape index (κ2) is 8.70. The molecule has 3 rings (SSSR count). The Hall–Kier alpha value is -3.14. The summed E-state index contributed by atoms with van der Waals surface area (Å²) in [6, 6.07) is 0. The minimum absolute atomic E-state index is 0.0375. The first-order valence-corrected chi connectivity index (χ1v) is 9.66. The molecule has 0 bridgehead atoms. The van der Waals surface area contributed by atoms with Crippen molar-refractivity contribution in [2.24, 2.45) is 0 Å². The van der Waals surface area contributed by atoms with Crippen LogP contribution in [-0.4, -0.2) is 43.8 Å². The van der Waals surface area contributed by atoms with E-state index in [1.54, 1.807) is 13.3 Å². The van der Waals surface area contributed by atoms with Crippen molar-refractivity contribution >= 4 is 34.7 Å². The van der Waals surface area contributed by atoms with Crippen molar-refractivity contribution in [1.82, 2.24) is 24.1 Å². The zero-order valence-corrected chi connectivity index (χ0v) is 18.0. The van der Waals surface area contributed by atoms with Gasteiger partial charge in [-0.05, 0) is 20.3 Å². The number of nitrogen functional groups attached to an aromatic ring is 1. The van der Waals surface area contributed by atoms with Crippen LogP contribution in [0.1, 0.15) is 30.2 Å². The zero-order chi connectivity index (χ0) is 22.0. The van der Waals surface area contributed by atoms with E-state index in [2.05, 4.69) is 15.0 Å². The minimum Gasteiger partial charge on any atom is -0.496 e. The Labute approximate surface area is 177 Å². The molecule has 160 valence electrons. The van der Waals surface area contributed by atoms with Crippen LogP contribution >= 0.6 is 11.6 Å². The lowest BCUT2D eigenvalue weighted by atomic mass is 10.1. The first-order valence-electron chi connectivity index (χ1n) is 9.29. The van der Waals surface area contributed by atoms with E-state index in [0.717, 1.165) is 11.1 Å². The molecule has 11 heteroatoms. The molecule has 0 spiro atoms. The number of methoxy groups -OCH3 is 1. The van der Waals surface area contributed by atoms with Crippen molar-refractivity contribution in [1.29, 1.82) is 0 Å². The highest BCUT2D eigenvalue weighted by molar-refractivity contribution is 6.33. The van der Waals surface area contributed by atoms with Gasteiger partial charge in [-0.25, -0.2) is 4.79 Å². The summed E-state index contributed by atoms with van der Waals surface area (Å²) in [6.45, 7) is 5.72. The van der Waals surface area contributed by atoms with Crippen molar-refractivity contribution in [3.05, 3.63) is 38.7 Å². The summed E-state index contributed by atoms with van der Waals surface area (Å²) in [6.07, 6.45) is 2.12. The third kappa shape index (κ3) is 4.09. The number of aromatic nitrogens is 5. The number of esters is 1. The average molecular weight is 435 g/mol. The molecule has 3 aromatic rings. The van der Waals surface area contributed by atoms with Crippen LogP contribution in [0.15, 0.2) is 11.0 Å². The van der Waals surface area contributed by atoms with E-state index in [4.69, 9.17) is 26.8 Å². The molecule has 30 heavy (non-hydrogen) atoms. The van der Waals surface area contributed by atoms with Crippen LogP contribution in [-0.2, 0) is 22.6 Å². The monoisotopic (exact) mass is 434 g/mol. The molecule has 0 aromatic carbocycles. The standard InChI is InChI=1S/C19H23ClN6O4/c1-10-8-22-13(11(2)15(10)29-4)9-26-17-14(16(20)23-18(21)24-17)25(19(26)28)6-5-7-30-12(3)27/h8H,5-7,9H2,1-4H3,(H2,21,23,24). The Morgan fingerprint density at radius 2 is 2.00 bits per heavy atom. The Morgan fingerprint density at radius 1 is 1.27 bits per heavy atom. The van der Waals surface area contributed by atoms with Crippen LogP contribution in [0.5, 0.6) is 5.75 Å². The molecule has 0 radical (unpaired) electrons. The summed E-state index contributed by atoms with van der Waals surface area (Å²) in [7, 11) is 1.59. The number of fused-ring (bicyclic) bond motifs is 1. The molecule has 0 saturated carbocycles. The lowest BCUT2D eigenvalue weighted by molar-refractivity contribution is -0.141. The van der Waals surface area contributed by atoms with E-state index in [-0.39, 0.29) is 42.5 Å². The number of anilines is 1. The summed E-state index contributed by atoms with van der Waals surface area (Å²) in [5.74, 6) is 0.295. The molecule has 0 aliphatic rings. The number of rotatable bonds is 7. The number of hydrogen-bond donors (Lipinski definition) is 1. The van der Waals surface area contributed by atoms with E-state index in [1.807, 2.05) is 13.8 Å². The zero-order valence-electron chi connectivity index (χ0n) is 17.2. The highest BCUT2D eigenvalue weighted by Gasteiger charge is 2.21. The maximum absolute atomic E-state index is 13.2. The summed E-state index contributed by atoms with van der Waals surface area (Å²) < 4.78 is 13.3. The van der Waals surface area contributed by atoms with Crippen LogP contribution in [0, 0.1) is 13.8 Å². The molecule has 2 N–H and O–H groups in total. The Balaban J connectivity index is 2.08. The SMILES string of the molecule is COc1c(C)cnc(Cn2c(=O)n(CCCOC(C)=O)c3c(Cl)nc(N)nc32)c1C. The predicted molar refractivity (Wildman–Crippen MR) is 112 cm³/mol. The maximum Gasteiger partial charge on any atom is 0.330 e. The molecule has 0 aliphatic carbocycles. The van der Waals surface area contributed by atoms with Crippen LogP contribution in [0.4, 0.5) is 5.95 Å². The van der Waals surface area contributed by atoms with Crippen molar-refractivity contribution in [3.63, 3.8) is 0 Å². The fourth-order valence-electron chi connectivity index (χ4n) is 3.35. The van der Waals surface area contributed by atoms with Crippen molar-refractivity contribution in [3.8, 4) is 5.75 Å². The van der Waals surface area contributed by atoms with Crippen molar-refractivity contribution in [2.45, 2.75) is 40.3 Å². The molecule has 0 saturated heterocycles. The van der Waals surface area contributed by atoms with Gasteiger partial charge in [-0.2, -0.15) is 9.97 Å². The molecule has 3 aromatic heterocycles. The molecule has 0 aliphatic heterocycles. The second-order valence-corrected chi connectivity index (χ2v) is 7.16. The number of imidazole rings is 1. The van der Waals surface area contributed by atoms with Gasteiger partial charge in [0.1, 0.15) is 11.3 Å². The molecule has 0 unspecified atom stereocenters. The number of halogens is 1. The molecular weight excluding hydrogens is 412 g/mol. The highest BCUT2D eigenvalue weighted by Crippen LogP contribution is 2.26. The number of nitrogens with zero attached hydrogens (tertiary/aromatic N) is 5. The smallest absolute Gasteiger partial charge is 0.330 e. The van der Waals surface area contributed by atoms with Gasteiger partial charge in [0.15, 0.2) is 10.8 Å². The van der Waals surface area contributed by atoms with Gasteiger partial charge in [-0.3, -0.25) is 18.9 Å².